The van der Waals surface area contributed by atoms with Gasteiger partial charge in [-0.3, -0.25) is 0 Å². The first-order valence-corrected chi connectivity index (χ1v) is 11.9. The predicted octanol–water partition coefficient (Wildman–Crippen LogP) is 2.16. The number of anilines is 1. The highest BCUT2D eigenvalue weighted by Crippen LogP contribution is 2.49. The fraction of sp³-hybridized carbons (Fsp3) is 0.478. The van der Waals surface area contributed by atoms with Crippen molar-refractivity contribution in [1.29, 1.82) is 0 Å². The molecule has 2 aliphatic rings. The molecule has 0 bridgehead atoms. The zero-order chi connectivity index (χ0) is 22.7. The molecule has 4 aromatic rings. The molecule has 0 saturated carbocycles. The van der Waals surface area contributed by atoms with Crippen molar-refractivity contribution in [1.82, 2.24) is 29.3 Å². The number of aliphatic hydroxyl groups is 1. The van der Waals surface area contributed by atoms with Gasteiger partial charge in [-0.1, -0.05) is 0 Å². The van der Waals surface area contributed by atoms with Crippen LogP contribution in [-0.2, 0) is 18.4 Å². The zero-order valence-electron chi connectivity index (χ0n) is 18.8. The van der Waals surface area contributed by atoms with Gasteiger partial charge in [-0.25, -0.2) is 19.6 Å². The maximum atomic E-state index is 10.1. The number of aromatic nitrogens is 6. The van der Waals surface area contributed by atoms with Gasteiger partial charge in [0.15, 0.2) is 11.5 Å². The van der Waals surface area contributed by atoms with Crippen molar-refractivity contribution in [3.8, 4) is 5.69 Å². The van der Waals surface area contributed by atoms with E-state index in [1.165, 1.54) is 0 Å². The summed E-state index contributed by atoms with van der Waals surface area (Å²) in [5.74, 6) is 0.749. The van der Waals surface area contributed by atoms with Gasteiger partial charge in [-0.05, 0) is 48.9 Å². The van der Waals surface area contributed by atoms with E-state index in [0.717, 1.165) is 55.1 Å². The van der Waals surface area contributed by atoms with Crippen molar-refractivity contribution in [2.75, 3.05) is 24.6 Å². The van der Waals surface area contributed by atoms with Gasteiger partial charge in [0.2, 0.25) is 0 Å². The van der Waals surface area contributed by atoms with Crippen LogP contribution in [0.4, 0.5) is 5.82 Å². The smallest absolute Gasteiger partial charge is 0.182 e. The minimum absolute atomic E-state index is 0.166. The summed E-state index contributed by atoms with van der Waals surface area (Å²) in [6.07, 6.45) is 5.80. The number of aliphatic hydroxyl groups excluding tert-OH is 1. The maximum absolute atomic E-state index is 10.1. The number of ether oxygens (including phenoxy) is 1. The number of hydrogen-bond acceptors (Lipinski definition) is 7. The summed E-state index contributed by atoms with van der Waals surface area (Å²) in [4.78, 5) is 16.3. The highest BCUT2D eigenvalue weighted by molar-refractivity contribution is 6.12. The predicted molar refractivity (Wildman–Crippen MR) is 126 cm³/mol. The molecule has 6 rings (SSSR count). The van der Waals surface area contributed by atoms with E-state index in [0.29, 0.717) is 22.4 Å². The van der Waals surface area contributed by atoms with Gasteiger partial charge in [-0.2, -0.15) is 5.10 Å². The average molecular weight is 461 g/mol. The van der Waals surface area contributed by atoms with Crippen LogP contribution in [0.5, 0.6) is 0 Å². The molecular weight excluding hydrogens is 434 g/mol. The van der Waals surface area contributed by atoms with E-state index in [1.807, 2.05) is 29.8 Å². The van der Waals surface area contributed by atoms with Crippen molar-refractivity contribution in [2.45, 2.75) is 38.0 Å². The summed E-state index contributed by atoms with van der Waals surface area (Å²) in [5.41, 5.74) is 5.27. The minimum atomic E-state index is -0.174. The fourth-order valence-electron chi connectivity index (χ4n) is 5.27. The molecule has 33 heavy (non-hydrogen) atoms. The molecule has 1 unspecified atom stereocenters. The number of fused-ring (bicyclic) bond motifs is 2. The van der Waals surface area contributed by atoms with Crippen LogP contribution >= 0.6 is 0 Å². The Labute approximate surface area is 194 Å². The van der Waals surface area contributed by atoms with Crippen LogP contribution in [0.2, 0.25) is 5.54 Å². The van der Waals surface area contributed by atoms with Gasteiger partial charge in [0.1, 0.15) is 11.2 Å². The lowest BCUT2D eigenvalue weighted by Crippen LogP contribution is -2.43. The summed E-state index contributed by atoms with van der Waals surface area (Å²) in [6, 6.07) is 5.98. The molecule has 1 spiro atoms. The van der Waals surface area contributed by atoms with E-state index in [9.17, 15) is 5.11 Å². The lowest BCUT2D eigenvalue weighted by Gasteiger charge is -2.42. The third-order valence-electron chi connectivity index (χ3n) is 7.38. The molecular formula is C23H26N7O2Si. The van der Waals surface area contributed by atoms with Crippen LogP contribution in [0.3, 0.4) is 0 Å². The Kier molecular flexibility index (Phi) is 4.79. The Morgan fingerprint density at radius 3 is 2.76 bits per heavy atom. The molecule has 0 aliphatic carbocycles. The Morgan fingerprint density at radius 1 is 1.21 bits per heavy atom. The quantitative estimate of drug-likeness (QED) is 0.468. The number of benzene rings is 1. The summed E-state index contributed by atoms with van der Waals surface area (Å²) in [6.45, 7) is 4.46. The van der Waals surface area contributed by atoms with Gasteiger partial charge in [0.25, 0.3) is 0 Å². The van der Waals surface area contributed by atoms with Crippen molar-refractivity contribution in [2.24, 2.45) is 12.5 Å². The molecule has 0 amide bonds. The average Bonchev–Trinajstić information content (AvgIpc) is 3.51. The maximum Gasteiger partial charge on any atom is 0.182 e. The van der Waals surface area contributed by atoms with E-state index in [1.54, 1.807) is 17.2 Å². The Balaban J connectivity index is 1.34. The second kappa shape index (κ2) is 7.61. The van der Waals surface area contributed by atoms with Crippen molar-refractivity contribution >= 4 is 38.3 Å². The van der Waals surface area contributed by atoms with Gasteiger partial charge < -0.3 is 19.3 Å². The largest absolute Gasteiger partial charge is 0.390 e. The monoisotopic (exact) mass is 460 g/mol. The summed E-state index contributed by atoms with van der Waals surface area (Å²) < 4.78 is 9.67. The molecule has 3 radical (unpaired) electrons. The first-order valence-electron chi connectivity index (χ1n) is 11.3. The number of imidazole rings is 1. The van der Waals surface area contributed by atoms with Crippen molar-refractivity contribution in [3.63, 3.8) is 0 Å². The Hall–Kier alpha value is -2.82. The van der Waals surface area contributed by atoms with E-state index >= 15 is 0 Å². The second-order valence-corrected chi connectivity index (χ2v) is 9.91. The second-order valence-electron chi connectivity index (χ2n) is 9.29. The molecule has 10 heteroatoms. The van der Waals surface area contributed by atoms with E-state index < -0.39 is 0 Å². The van der Waals surface area contributed by atoms with Crippen LogP contribution in [0.15, 0.2) is 30.7 Å². The normalized spacial score (nSPS) is 22.7. The SMILES string of the molecule is C[C@@H]1OCC2(CCN(c3nc4cnn(-c5ccc6ncn(C)c6c5)c4nc3CO)CC2)C1[Si]. The number of nitrogens with zero attached hydrogens (tertiary/aromatic N) is 7. The molecule has 3 aromatic heterocycles. The fourth-order valence-corrected chi connectivity index (χ4v) is 5.74. The molecule has 9 nitrogen and oxygen atoms in total. The number of aryl methyl sites for hydroxylation is 1. The minimum Gasteiger partial charge on any atom is -0.390 e. The van der Waals surface area contributed by atoms with Crippen LogP contribution in [-0.4, -0.2) is 70.4 Å². The highest BCUT2D eigenvalue weighted by Gasteiger charge is 2.47. The standard InChI is InChI=1S/C23H26N7O2Si/c1-14-20(33)23(12-32-14)5-7-29(8-6-23)21-18(11-31)27-22-17(26-21)10-25-30(22)15-3-4-16-19(9-15)28(2)13-24-16/h3-4,9-10,13-14,20,31H,5-8,11-12H2,1-2H3/t14-,20?/m0/s1. The van der Waals surface area contributed by atoms with E-state index in [2.05, 4.69) is 32.1 Å². The molecule has 2 atom stereocenters. The van der Waals surface area contributed by atoms with Crippen LogP contribution in [0.1, 0.15) is 25.5 Å². The van der Waals surface area contributed by atoms with Crippen LogP contribution in [0.25, 0.3) is 27.9 Å². The Bertz CT molecular complexity index is 1340. The first kappa shape index (κ1) is 20.8. The topological polar surface area (TPSA) is 94.1 Å². The molecule has 1 aromatic carbocycles. The lowest BCUT2D eigenvalue weighted by atomic mass is 9.76. The number of hydrogen-bond donors (Lipinski definition) is 1. The first-order chi connectivity index (χ1) is 16.0. The van der Waals surface area contributed by atoms with Gasteiger partial charge >= 0.3 is 0 Å². The summed E-state index contributed by atoms with van der Waals surface area (Å²) in [7, 11) is 5.90. The highest BCUT2D eigenvalue weighted by atomic mass is 28.1. The van der Waals surface area contributed by atoms with E-state index in [4.69, 9.17) is 14.7 Å². The molecule has 2 saturated heterocycles. The molecule has 2 aliphatic heterocycles. The lowest BCUT2D eigenvalue weighted by molar-refractivity contribution is 0.0975. The molecule has 5 heterocycles. The Morgan fingerprint density at radius 2 is 2.03 bits per heavy atom. The molecule has 2 fully saturated rings. The van der Waals surface area contributed by atoms with Gasteiger partial charge in [0, 0.05) is 30.4 Å². The third kappa shape index (κ3) is 3.19. The molecule has 1 N–H and O–H groups in total. The van der Waals surface area contributed by atoms with Crippen molar-refractivity contribution < 1.29 is 9.84 Å². The van der Waals surface area contributed by atoms with Gasteiger partial charge in [0.05, 0.1) is 48.6 Å². The van der Waals surface area contributed by atoms with Crippen molar-refractivity contribution in [3.05, 3.63) is 36.4 Å². The van der Waals surface area contributed by atoms with E-state index in [-0.39, 0.29) is 18.1 Å². The summed E-state index contributed by atoms with van der Waals surface area (Å²) in [5, 5.41) is 14.7. The van der Waals surface area contributed by atoms with Crippen LogP contribution < -0.4 is 4.90 Å². The molecule has 169 valence electrons. The number of piperidine rings is 1. The summed E-state index contributed by atoms with van der Waals surface area (Å²) >= 11 is 0. The third-order valence-corrected chi connectivity index (χ3v) is 8.46. The zero-order valence-corrected chi connectivity index (χ0v) is 19.8. The van der Waals surface area contributed by atoms with Crippen LogP contribution in [0, 0.1) is 5.41 Å². The van der Waals surface area contributed by atoms with Gasteiger partial charge in [-0.15, -0.1) is 0 Å². The number of rotatable bonds is 3.